The van der Waals surface area contributed by atoms with Gasteiger partial charge < -0.3 is 9.13 Å². The summed E-state index contributed by atoms with van der Waals surface area (Å²) < 4.78 is 127. The maximum atomic E-state index is 16.4. The molecule has 0 atom stereocenters. The molecule has 0 aliphatic heterocycles. The smallest absolute Gasteiger partial charge is 0.309 e. The molecule has 2 nitrogen and oxygen atoms in total. The summed E-state index contributed by atoms with van der Waals surface area (Å²) in [6.45, 7) is 11.7. The molecule has 0 bridgehead atoms. The molecule has 0 saturated carbocycles. The van der Waals surface area contributed by atoms with E-state index in [0.29, 0.717) is 43.6 Å². The number of nitrogens with zero attached hydrogens (tertiary/aromatic N) is 2. The van der Waals surface area contributed by atoms with E-state index in [9.17, 15) is 4.39 Å². The average Bonchev–Trinajstić information content (AvgIpc) is 3.64. The molecule has 280 valence electrons. The molecule has 0 spiro atoms. The van der Waals surface area contributed by atoms with E-state index >= 15 is 30.7 Å². The number of halogens is 8. The van der Waals surface area contributed by atoms with Gasteiger partial charge in [0.1, 0.15) is 0 Å². The summed E-state index contributed by atoms with van der Waals surface area (Å²) in [4.78, 5) is 0. The van der Waals surface area contributed by atoms with E-state index in [1.165, 1.54) is 9.13 Å². The fourth-order valence-electron chi connectivity index (χ4n) is 7.60. The van der Waals surface area contributed by atoms with Crippen LogP contribution in [0, 0.1) is 29.1 Å². The van der Waals surface area contributed by atoms with Crippen molar-refractivity contribution in [2.24, 2.45) is 0 Å². The molecule has 2 aromatic heterocycles. The number of para-hydroxylation sites is 2. The Bertz CT molecular complexity index is 2700. The van der Waals surface area contributed by atoms with Crippen LogP contribution in [0.4, 0.5) is 35.1 Å². The monoisotopic (exact) mass is 754 g/mol. The highest BCUT2D eigenvalue weighted by molar-refractivity contribution is 6.12. The Balaban J connectivity index is 1.68. The Hall–Kier alpha value is -5.64. The highest BCUT2D eigenvalue weighted by Crippen LogP contribution is 2.48. The van der Waals surface area contributed by atoms with Crippen LogP contribution in [0.25, 0.3) is 66.1 Å². The Labute approximate surface area is 311 Å². The van der Waals surface area contributed by atoms with E-state index in [0.717, 1.165) is 23.3 Å². The van der Waals surface area contributed by atoms with Gasteiger partial charge in [0.2, 0.25) is 5.82 Å². The van der Waals surface area contributed by atoms with Crippen molar-refractivity contribution >= 4 is 43.6 Å². The van der Waals surface area contributed by atoms with Gasteiger partial charge in [-0.2, -0.15) is 13.2 Å². The Morgan fingerprint density at radius 3 is 1.13 bits per heavy atom. The molecule has 0 fully saturated rings. The first-order valence-electron chi connectivity index (χ1n) is 17.6. The molecular formula is C45H34F8N2. The summed E-state index contributed by atoms with van der Waals surface area (Å²) >= 11 is 0. The zero-order valence-electron chi connectivity index (χ0n) is 30.7. The number of hydrogen-bond donors (Lipinski definition) is 0. The molecule has 0 aliphatic carbocycles. The van der Waals surface area contributed by atoms with Gasteiger partial charge in [-0.15, -0.1) is 0 Å². The largest absolute Gasteiger partial charge is 0.416 e. The minimum absolute atomic E-state index is 0.358. The third-order valence-corrected chi connectivity index (χ3v) is 10.4. The summed E-state index contributed by atoms with van der Waals surface area (Å²) in [6.07, 6.45) is -5.01. The fraction of sp³-hybridized carbons (Fsp3) is 0.200. The molecule has 2 heterocycles. The van der Waals surface area contributed by atoms with Crippen LogP contribution in [0.5, 0.6) is 0 Å². The highest BCUT2D eigenvalue weighted by atomic mass is 19.4. The first-order valence-corrected chi connectivity index (χ1v) is 17.6. The van der Waals surface area contributed by atoms with E-state index in [4.69, 9.17) is 0 Å². The predicted octanol–water partition coefficient (Wildman–Crippen LogP) is 13.9. The molecule has 0 radical (unpaired) electrons. The normalized spacial score (nSPS) is 12.9. The topological polar surface area (TPSA) is 9.86 Å². The van der Waals surface area contributed by atoms with Crippen LogP contribution in [0.1, 0.15) is 58.2 Å². The molecule has 8 rings (SSSR count). The van der Waals surface area contributed by atoms with Gasteiger partial charge in [0.05, 0.1) is 44.6 Å². The summed E-state index contributed by atoms with van der Waals surface area (Å²) in [5.74, 6) is -11.2. The summed E-state index contributed by atoms with van der Waals surface area (Å²) in [7, 11) is 0. The van der Waals surface area contributed by atoms with Crippen molar-refractivity contribution in [2.75, 3.05) is 0 Å². The molecule has 10 heteroatoms. The number of hydrogen-bond acceptors (Lipinski definition) is 0. The van der Waals surface area contributed by atoms with Gasteiger partial charge in [-0.05, 0) is 58.4 Å². The van der Waals surface area contributed by atoms with E-state index in [2.05, 4.69) is 0 Å². The number of alkyl halides is 3. The summed E-state index contributed by atoms with van der Waals surface area (Å²) in [6, 6.07) is 26.1. The average molecular weight is 755 g/mol. The lowest BCUT2D eigenvalue weighted by Crippen LogP contribution is -2.14. The molecule has 8 aromatic rings. The van der Waals surface area contributed by atoms with Crippen molar-refractivity contribution < 1.29 is 35.1 Å². The maximum absolute atomic E-state index is 16.4. The fourth-order valence-corrected chi connectivity index (χ4v) is 7.60. The number of fused-ring (bicyclic) bond motifs is 6. The maximum Gasteiger partial charge on any atom is 0.416 e. The summed E-state index contributed by atoms with van der Waals surface area (Å²) in [5, 5.41) is 2.43. The second-order valence-electron chi connectivity index (χ2n) is 16.0. The van der Waals surface area contributed by atoms with Crippen molar-refractivity contribution in [3.05, 3.63) is 143 Å². The Morgan fingerprint density at radius 1 is 0.382 bits per heavy atom. The second-order valence-corrected chi connectivity index (χ2v) is 16.0. The molecule has 55 heavy (non-hydrogen) atoms. The molecule has 0 unspecified atom stereocenters. The molecule has 0 saturated heterocycles. The van der Waals surface area contributed by atoms with Crippen LogP contribution >= 0.6 is 0 Å². The SMILES string of the molecule is CC(C)(C)c1ccc2c3ccccc3n(-c3cc(C(F)(F)F)cc(-n4c5ccccc5c5ccc(C(C)(C)C)cc54)c3-c3c(F)c(F)c(F)c(F)c3F)c2c1. The van der Waals surface area contributed by atoms with Gasteiger partial charge >= 0.3 is 6.18 Å². The molecule has 6 aromatic carbocycles. The second kappa shape index (κ2) is 12.2. The van der Waals surface area contributed by atoms with Crippen molar-refractivity contribution in [3.8, 4) is 22.5 Å². The van der Waals surface area contributed by atoms with Crippen LogP contribution in [-0.4, -0.2) is 9.13 Å². The molecule has 0 aliphatic rings. The van der Waals surface area contributed by atoms with Gasteiger partial charge in [-0.25, -0.2) is 22.0 Å². The zero-order valence-corrected chi connectivity index (χ0v) is 30.7. The van der Waals surface area contributed by atoms with Gasteiger partial charge in [-0.3, -0.25) is 0 Å². The molecule has 0 amide bonds. The van der Waals surface area contributed by atoms with Crippen LogP contribution in [0.2, 0.25) is 0 Å². The lowest BCUT2D eigenvalue weighted by atomic mass is 9.86. The van der Waals surface area contributed by atoms with Gasteiger partial charge in [0.25, 0.3) is 0 Å². The van der Waals surface area contributed by atoms with E-state index in [1.54, 1.807) is 60.7 Å². The first kappa shape index (κ1) is 36.3. The molecule has 0 N–H and O–H groups in total. The number of aromatic nitrogens is 2. The standard InChI is InChI=1S/C45H34F8N2/c1-43(2,3)23-15-17-28-26-11-7-9-13-30(26)54(32(28)19-23)34-21-25(45(51,52)53)22-35(36(34)37-38(46)40(48)42(50)41(49)39(37)47)55-31-14-10-8-12-27(31)29-18-16-24(20-33(29)55)44(4,5)6/h7-22H,1-6H3. The van der Waals surface area contributed by atoms with E-state index in [-0.39, 0.29) is 0 Å². The minimum atomic E-state index is -5.01. The number of benzene rings is 6. The van der Waals surface area contributed by atoms with Crippen molar-refractivity contribution in [2.45, 2.75) is 58.5 Å². The van der Waals surface area contributed by atoms with E-state index < -0.39 is 74.2 Å². The third-order valence-electron chi connectivity index (χ3n) is 10.4. The lowest BCUT2D eigenvalue weighted by molar-refractivity contribution is -0.137. The van der Waals surface area contributed by atoms with Crippen molar-refractivity contribution in [1.29, 1.82) is 0 Å². The third kappa shape index (κ3) is 5.59. The lowest BCUT2D eigenvalue weighted by Gasteiger charge is -2.24. The van der Waals surface area contributed by atoms with E-state index in [1.807, 2.05) is 65.8 Å². The Kier molecular flexibility index (Phi) is 8.05. The van der Waals surface area contributed by atoms with Crippen molar-refractivity contribution in [3.63, 3.8) is 0 Å². The van der Waals surface area contributed by atoms with Gasteiger partial charge in [0.15, 0.2) is 23.3 Å². The Morgan fingerprint density at radius 2 is 0.745 bits per heavy atom. The van der Waals surface area contributed by atoms with Gasteiger partial charge in [0, 0.05) is 27.1 Å². The highest BCUT2D eigenvalue weighted by Gasteiger charge is 2.37. The van der Waals surface area contributed by atoms with Crippen LogP contribution in [0.15, 0.2) is 97.1 Å². The quantitative estimate of drug-likeness (QED) is 0.0966. The predicted molar refractivity (Wildman–Crippen MR) is 203 cm³/mol. The van der Waals surface area contributed by atoms with Crippen molar-refractivity contribution in [1.82, 2.24) is 9.13 Å². The summed E-state index contributed by atoms with van der Waals surface area (Å²) in [5.41, 5.74) is -1.84. The first-order chi connectivity index (χ1) is 25.8. The molecular weight excluding hydrogens is 720 g/mol. The van der Waals surface area contributed by atoms with Gasteiger partial charge in [-0.1, -0.05) is 102 Å². The minimum Gasteiger partial charge on any atom is -0.309 e. The zero-order chi connectivity index (χ0) is 39.5. The van der Waals surface area contributed by atoms with Crippen LogP contribution < -0.4 is 0 Å². The number of rotatable bonds is 3. The van der Waals surface area contributed by atoms with Crippen LogP contribution in [0.3, 0.4) is 0 Å². The van der Waals surface area contributed by atoms with Crippen LogP contribution in [-0.2, 0) is 17.0 Å².